The van der Waals surface area contributed by atoms with Crippen molar-refractivity contribution in [3.05, 3.63) is 92.7 Å². The van der Waals surface area contributed by atoms with Crippen molar-refractivity contribution in [3.63, 3.8) is 0 Å². The van der Waals surface area contributed by atoms with E-state index in [0.717, 1.165) is 20.2 Å². The molecule has 168 valence electrons. The molecule has 3 nitrogen and oxygen atoms in total. The van der Waals surface area contributed by atoms with Crippen molar-refractivity contribution < 1.29 is 13.5 Å². The lowest BCUT2D eigenvalue weighted by Gasteiger charge is -2.25. The lowest BCUT2D eigenvalue weighted by Crippen LogP contribution is -2.22. The van der Waals surface area contributed by atoms with Crippen molar-refractivity contribution in [1.82, 2.24) is 4.57 Å². The van der Waals surface area contributed by atoms with Gasteiger partial charge in [0.15, 0.2) is 0 Å². The molecular weight excluding hydrogens is 533 g/mol. The van der Waals surface area contributed by atoms with Crippen molar-refractivity contribution in [2.45, 2.75) is 39.2 Å². The smallest absolute Gasteiger partial charge is 0.133 e. The molecule has 0 aliphatic carbocycles. The highest BCUT2D eigenvalue weighted by Crippen LogP contribution is 2.43. The molecule has 33 heavy (non-hydrogen) atoms. The largest absolute Gasteiger partial charge is 0.488 e. The maximum Gasteiger partial charge on any atom is 0.133 e. The predicted octanol–water partition coefficient (Wildman–Crippen LogP) is 7.59. The molecule has 0 aliphatic rings. The van der Waals surface area contributed by atoms with Crippen LogP contribution in [0.1, 0.15) is 37.1 Å². The molecule has 0 fully saturated rings. The highest BCUT2D eigenvalue weighted by molar-refractivity contribution is 14.1. The standard InChI is InChI=1S/C27H23F2IN2O/c1-17-13-20(9-10-21(17)29)32-22-14-19(28)15-23(33-16-18-7-5-4-6-8-18)24(22)25(30)26(32)27(2,3)11-12-31/h4-10,13-15H,11,16H2,1-3H3. The summed E-state index contributed by atoms with van der Waals surface area (Å²) in [7, 11) is 0. The molecule has 0 spiro atoms. The topological polar surface area (TPSA) is 38.0 Å². The van der Waals surface area contributed by atoms with Crippen LogP contribution in [0.3, 0.4) is 0 Å². The minimum Gasteiger partial charge on any atom is -0.488 e. The lowest BCUT2D eigenvalue weighted by molar-refractivity contribution is 0.308. The second-order valence-electron chi connectivity index (χ2n) is 8.72. The molecule has 6 heteroatoms. The van der Waals surface area contributed by atoms with Crippen LogP contribution >= 0.6 is 22.6 Å². The van der Waals surface area contributed by atoms with Crippen LogP contribution in [0.5, 0.6) is 5.75 Å². The van der Waals surface area contributed by atoms with Gasteiger partial charge in [-0.1, -0.05) is 44.2 Å². The van der Waals surface area contributed by atoms with E-state index in [9.17, 15) is 14.0 Å². The predicted molar refractivity (Wildman–Crippen MR) is 135 cm³/mol. The van der Waals surface area contributed by atoms with E-state index in [2.05, 4.69) is 28.7 Å². The number of halogens is 3. The summed E-state index contributed by atoms with van der Waals surface area (Å²) in [5.74, 6) is -0.296. The van der Waals surface area contributed by atoms with Crippen molar-refractivity contribution >= 4 is 33.5 Å². The third-order valence-electron chi connectivity index (χ3n) is 5.74. The van der Waals surface area contributed by atoms with Gasteiger partial charge in [0.05, 0.1) is 17.0 Å². The van der Waals surface area contributed by atoms with Gasteiger partial charge in [-0.15, -0.1) is 0 Å². The summed E-state index contributed by atoms with van der Waals surface area (Å²) in [6.45, 7) is 5.97. The van der Waals surface area contributed by atoms with Crippen LogP contribution in [0, 0.1) is 33.5 Å². The first-order chi connectivity index (χ1) is 15.7. The first-order valence-electron chi connectivity index (χ1n) is 10.6. The zero-order valence-corrected chi connectivity index (χ0v) is 20.8. The van der Waals surface area contributed by atoms with Crippen LogP contribution in [-0.4, -0.2) is 4.57 Å². The number of aryl methyl sites for hydroxylation is 1. The number of hydrogen-bond donors (Lipinski definition) is 0. The van der Waals surface area contributed by atoms with E-state index >= 15 is 0 Å². The van der Waals surface area contributed by atoms with Crippen LogP contribution < -0.4 is 4.74 Å². The van der Waals surface area contributed by atoms with Gasteiger partial charge < -0.3 is 9.30 Å². The van der Waals surface area contributed by atoms with E-state index in [1.54, 1.807) is 19.1 Å². The van der Waals surface area contributed by atoms with E-state index < -0.39 is 11.2 Å². The molecule has 0 bridgehead atoms. The number of nitrogens with zero attached hydrogens (tertiary/aromatic N) is 2. The summed E-state index contributed by atoms with van der Waals surface area (Å²) in [6, 6.07) is 19.7. The Bertz CT molecular complexity index is 1370. The molecule has 0 unspecified atom stereocenters. The molecule has 0 amide bonds. The highest BCUT2D eigenvalue weighted by Gasteiger charge is 2.32. The Hall–Kier alpha value is -2.92. The summed E-state index contributed by atoms with van der Waals surface area (Å²) >= 11 is 2.25. The SMILES string of the molecule is Cc1cc(-n2c(C(C)(C)CC#N)c(I)c3c(OCc4ccccc4)cc(F)cc32)ccc1F. The van der Waals surface area contributed by atoms with Gasteiger partial charge in [-0.3, -0.25) is 0 Å². The summed E-state index contributed by atoms with van der Waals surface area (Å²) in [6.07, 6.45) is 0.266. The second kappa shape index (κ2) is 9.14. The van der Waals surface area contributed by atoms with Gasteiger partial charge in [-0.25, -0.2) is 8.78 Å². The van der Waals surface area contributed by atoms with Crippen molar-refractivity contribution in [1.29, 1.82) is 5.26 Å². The highest BCUT2D eigenvalue weighted by atomic mass is 127. The molecule has 3 aromatic carbocycles. The molecule has 4 aromatic rings. The number of fused-ring (bicyclic) bond motifs is 1. The van der Waals surface area contributed by atoms with Gasteiger partial charge in [-0.2, -0.15) is 5.26 Å². The first-order valence-corrected chi connectivity index (χ1v) is 11.6. The van der Waals surface area contributed by atoms with Crippen molar-refractivity contribution in [2.75, 3.05) is 0 Å². The molecular formula is C27H23F2IN2O. The molecule has 0 aliphatic heterocycles. The van der Waals surface area contributed by atoms with Crippen LogP contribution in [0.15, 0.2) is 60.7 Å². The Morgan fingerprint density at radius 3 is 2.45 bits per heavy atom. The van der Waals surface area contributed by atoms with E-state index in [1.807, 2.05) is 48.7 Å². The summed E-state index contributed by atoms with van der Waals surface area (Å²) < 4.78 is 37.8. The van der Waals surface area contributed by atoms with Gasteiger partial charge in [0.25, 0.3) is 0 Å². The summed E-state index contributed by atoms with van der Waals surface area (Å²) in [4.78, 5) is 0. The summed E-state index contributed by atoms with van der Waals surface area (Å²) in [5.41, 5.74) is 3.12. The maximum absolute atomic E-state index is 14.8. The van der Waals surface area contributed by atoms with Gasteiger partial charge >= 0.3 is 0 Å². The molecule has 4 rings (SSSR count). The van der Waals surface area contributed by atoms with Crippen LogP contribution in [0.4, 0.5) is 8.78 Å². The van der Waals surface area contributed by atoms with E-state index in [0.29, 0.717) is 29.1 Å². The number of ether oxygens (including phenoxy) is 1. The van der Waals surface area contributed by atoms with Gasteiger partial charge in [-0.05, 0) is 64.9 Å². The minimum absolute atomic E-state index is 0.266. The van der Waals surface area contributed by atoms with Crippen molar-refractivity contribution in [2.24, 2.45) is 0 Å². The number of aromatic nitrogens is 1. The average molecular weight is 556 g/mol. The number of nitriles is 1. The fourth-order valence-corrected chi connectivity index (χ4v) is 5.58. The Morgan fingerprint density at radius 2 is 1.79 bits per heavy atom. The Labute approximate surface area is 205 Å². The lowest BCUT2D eigenvalue weighted by atomic mass is 9.86. The maximum atomic E-state index is 14.8. The van der Waals surface area contributed by atoms with Crippen LogP contribution in [-0.2, 0) is 12.0 Å². The molecule has 0 N–H and O–H groups in total. The Kier molecular flexibility index (Phi) is 6.44. The van der Waals surface area contributed by atoms with Crippen LogP contribution in [0.2, 0.25) is 0 Å². The number of rotatable bonds is 6. The number of hydrogen-bond acceptors (Lipinski definition) is 2. The van der Waals surface area contributed by atoms with Gasteiger partial charge in [0.2, 0.25) is 0 Å². The summed E-state index contributed by atoms with van der Waals surface area (Å²) in [5, 5.41) is 10.3. The zero-order valence-electron chi connectivity index (χ0n) is 18.6. The fraction of sp³-hybridized carbons (Fsp3) is 0.222. The van der Waals surface area contributed by atoms with E-state index in [-0.39, 0.29) is 12.2 Å². The van der Waals surface area contributed by atoms with E-state index in [1.165, 1.54) is 18.2 Å². The van der Waals surface area contributed by atoms with Gasteiger partial charge in [0.1, 0.15) is 24.0 Å². The molecule has 0 saturated carbocycles. The third-order valence-corrected chi connectivity index (χ3v) is 6.79. The monoisotopic (exact) mass is 556 g/mol. The van der Waals surface area contributed by atoms with Gasteiger partial charge in [0, 0.05) is 32.9 Å². The molecule has 0 radical (unpaired) electrons. The average Bonchev–Trinajstić information content (AvgIpc) is 3.07. The molecule has 1 aromatic heterocycles. The second-order valence-corrected chi connectivity index (χ2v) is 9.80. The molecule has 1 heterocycles. The molecule has 0 saturated heterocycles. The number of benzene rings is 3. The third kappa shape index (κ3) is 4.47. The van der Waals surface area contributed by atoms with Crippen molar-refractivity contribution in [3.8, 4) is 17.5 Å². The Morgan fingerprint density at radius 1 is 1.06 bits per heavy atom. The Balaban J connectivity index is 1.99. The normalized spacial score (nSPS) is 11.5. The van der Waals surface area contributed by atoms with E-state index in [4.69, 9.17) is 4.74 Å². The van der Waals surface area contributed by atoms with Crippen LogP contribution in [0.25, 0.3) is 16.6 Å². The first kappa shape index (κ1) is 23.2. The molecule has 0 atom stereocenters. The minimum atomic E-state index is -0.542. The fourth-order valence-electron chi connectivity index (χ4n) is 4.07. The quantitative estimate of drug-likeness (QED) is 0.230. The zero-order chi connectivity index (χ0) is 23.8.